The molecule has 2 heterocycles. The molecular formula is C13H26N2OS. The maximum atomic E-state index is 5.37. The van der Waals surface area contributed by atoms with Gasteiger partial charge in [-0.3, -0.25) is 4.90 Å². The first-order valence-corrected chi connectivity index (χ1v) is 8.03. The highest BCUT2D eigenvalue weighted by Gasteiger charge is 2.20. The monoisotopic (exact) mass is 258 g/mol. The van der Waals surface area contributed by atoms with Gasteiger partial charge in [0.2, 0.25) is 0 Å². The van der Waals surface area contributed by atoms with Crippen LogP contribution in [0.15, 0.2) is 0 Å². The van der Waals surface area contributed by atoms with E-state index >= 15 is 0 Å². The Hall–Kier alpha value is 0.230. The summed E-state index contributed by atoms with van der Waals surface area (Å²) in [6.07, 6.45) is 2.73. The van der Waals surface area contributed by atoms with Crippen LogP contribution in [0.1, 0.15) is 19.8 Å². The van der Waals surface area contributed by atoms with Gasteiger partial charge < -0.3 is 10.1 Å². The van der Waals surface area contributed by atoms with Gasteiger partial charge in [-0.2, -0.15) is 11.8 Å². The fourth-order valence-electron chi connectivity index (χ4n) is 2.64. The van der Waals surface area contributed by atoms with Gasteiger partial charge in [-0.15, -0.1) is 0 Å². The second-order valence-electron chi connectivity index (χ2n) is 5.12. The normalized spacial score (nSPS) is 25.9. The maximum Gasteiger partial charge on any atom is 0.0594 e. The van der Waals surface area contributed by atoms with Crippen molar-refractivity contribution >= 4 is 11.8 Å². The van der Waals surface area contributed by atoms with Crippen molar-refractivity contribution in [1.82, 2.24) is 10.2 Å². The summed E-state index contributed by atoms with van der Waals surface area (Å²) in [6.45, 7) is 10.2. The Labute approximate surface area is 110 Å². The van der Waals surface area contributed by atoms with Crippen LogP contribution in [0.2, 0.25) is 0 Å². The third-order valence-corrected chi connectivity index (χ3v) is 5.27. The van der Waals surface area contributed by atoms with Crippen molar-refractivity contribution in [3.8, 4) is 0 Å². The minimum absolute atomic E-state index is 0.832. The van der Waals surface area contributed by atoms with Crippen molar-refractivity contribution in [2.45, 2.75) is 25.0 Å². The number of morpholine rings is 1. The quantitative estimate of drug-likeness (QED) is 0.806. The van der Waals surface area contributed by atoms with Gasteiger partial charge in [-0.25, -0.2) is 0 Å². The molecule has 17 heavy (non-hydrogen) atoms. The van der Waals surface area contributed by atoms with E-state index in [2.05, 4.69) is 28.9 Å². The SMILES string of the molecule is CC(SCCN1CCOCC1)C1CCNCC1. The van der Waals surface area contributed by atoms with Crippen LogP contribution < -0.4 is 5.32 Å². The maximum absolute atomic E-state index is 5.37. The summed E-state index contributed by atoms with van der Waals surface area (Å²) in [4.78, 5) is 2.53. The van der Waals surface area contributed by atoms with E-state index in [0.29, 0.717) is 0 Å². The van der Waals surface area contributed by atoms with Crippen molar-refractivity contribution in [2.75, 3.05) is 51.7 Å². The summed E-state index contributed by atoms with van der Waals surface area (Å²) < 4.78 is 5.37. The lowest BCUT2D eigenvalue weighted by Crippen LogP contribution is -2.38. The molecule has 0 aromatic carbocycles. The minimum atomic E-state index is 0.832. The molecule has 0 aromatic rings. The van der Waals surface area contributed by atoms with Crippen LogP contribution in [-0.4, -0.2) is 61.8 Å². The molecule has 0 aliphatic carbocycles. The molecule has 0 spiro atoms. The van der Waals surface area contributed by atoms with Crippen LogP contribution in [0.25, 0.3) is 0 Å². The summed E-state index contributed by atoms with van der Waals surface area (Å²) >= 11 is 2.17. The Morgan fingerprint density at radius 2 is 2.00 bits per heavy atom. The number of hydrogen-bond donors (Lipinski definition) is 1. The molecule has 4 heteroatoms. The van der Waals surface area contributed by atoms with Crippen molar-refractivity contribution in [2.24, 2.45) is 5.92 Å². The molecule has 100 valence electrons. The average molecular weight is 258 g/mol. The smallest absolute Gasteiger partial charge is 0.0594 e. The average Bonchev–Trinajstić information content (AvgIpc) is 2.41. The lowest BCUT2D eigenvalue weighted by molar-refractivity contribution is 0.0410. The number of nitrogens with one attached hydrogen (secondary N) is 1. The molecule has 0 aromatic heterocycles. The molecule has 0 amide bonds. The first-order chi connectivity index (χ1) is 8.36. The molecule has 0 bridgehead atoms. The first kappa shape index (κ1) is 13.7. The molecule has 1 unspecified atom stereocenters. The van der Waals surface area contributed by atoms with Gasteiger partial charge in [0.25, 0.3) is 0 Å². The van der Waals surface area contributed by atoms with Crippen molar-refractivity contribution < 1.29 is 4.74 Å². The number of ether oxygens (including phenoxy) is 1. The van der Waals surface area contributed by atoms with Gasteiger partial charge in [-0.1, -0.05) is 6.92 Å². The molecule has 2 rings (SSSR count). The molecule has 0 saturated carbocycles. The molecule has 2 fully saturated rings. The fourth-order valence-corrected chi connectivity index (χ4v) is 3.92. The van der Waals surface area contributed by atoms with Crippen LogP contribution in [0.3, 0.4) is 0 Å². The first-order valence-electron chi connectivity index (χ1n) is 6.98. The third kappa shape index (κ3) is 4.78. The van der Waals surface area contributed by atoms with E-state index in [-0.39, 0.29) is 0 Å². The summed E-state index contributed by atoms with van der Waals surface area (Å²) in [5, 5.41) is 4.28. The minimum Gasteiger partial charge on any atom is -0.379 e. The summed E-state index contributed by atoms with van der Waals surface area (Å²) in [5.41, 5.74) is 0. The van der Waals surface area contributed by atoms with E-state index in [1.54, 1.807) is 0 Å². The number of piperidine rings is 1. The van der Waals surface area contributed by atoms with E-state index in [9.17, 15) is 0 Å². The van der Waals surface area contributed by atoms with Gasteiger partial charge in [0, 0.05) is 30.6 Å². The van der Waals surface area contributed by atoms with Gasteiger partial charge in [-0.05, 0) is 31.8 Å². The molecule has 1 N–H and O–H groups in total. The number of nitrogens with zero attached hydrogens (tertiary/aromatic N) is 1. The van der Waals surface area contributed by atoms with E-state index in [4.69, 9.17) is 4.74 Å². The second-order valence-corrected chi connectivity index (χ2v) is 6.60. The molecule has 2 aliphatic heterocycles. The van der Waals surface area contributed by atoms with Crippen LogP contribution in [-0.2, 0) is 4.74 Å². The zero-order valence-corrected chi connectivity index (χ0v) is 11.8. The molecule has 1 atom stereocenters. The molecular weight excluding hydrogens is 232 g/mol. The Bertz CT molecular complexity index is 204. The topological polar surface area (TPSA) is 24.5 Å². The van der Waals surface area contributed by atoms with Crippen LogP contribution in [0.5, 0.6) is 0 Å². The van der Waals surface area contributed by atoms with Gasteiger partial charge in [0.05, 0.1) is 13.2 Å². The van der Waals surface area contributed by atoms with Crippen LogP contribution >= 0.6 is 11.8 Å². The lowest BCUT2D eigenvalue weighted by Gasteiger charge is -2.30. The predicted octanol–water partition coefficient (Wildman–Crippen LogP) is 1.44. The van der Waals surface area contributed by atoms with E-state index < -0.39 is 0 Å². The number of hydrogen-bond acceptors (Lipinski definition) is 4. The summed E-state index contributed by atoms with van der Waals surface area (Å²) in [5.74, 6) is 2.22. The van der Waals surface area contributed by atoms with Crippen molar-refractivity contribution in [3.63, 3.8) is 0 Å². The fraction of sp³-hybridized carbons (Fsp3) is 1.00. The zero-order valence-electron chi connectivity index (χ0n) is 11.0. The van der Waals surface area contributed by atoms with Crippen LogP contribution in [0.4, 0.5) is 0 Å². The Morgan fingerprint density at radius 3 is 2.71 bits per heavy atom. The summed E-state index contributed by atoms with van der Waals surface area (Å²) in [6, 6.07) is 0. The van der Waals surface area contributed by atoms with E-state index in [1.165, 1.54) is 38.2 Å². The second kappa shape index (κ2) is 7.62. The Morgan fingerprint density at radius 1 is 1.29 bits per heavy atom. The van der Waals surface area contributed by atoms with Gasteiger partial charge in [0.15, 0.2) is 0 Å². The van der Waals surface area contributed by atoms with Gasteiger partial charge >= 0.3 is 0 Å². The molecule has 3 nitrogen and oxygen atoms in total. The Kier molecular flexibility index (Phi) is 6.12. The van der Waals surface area contributed by atoms with Crippen molar-refractivity contribution in [1.29, 1.82) is 0 Å². The Balaban J connectivity index is 1.57. The highest BCUT2D eigenvalue weighted by molar-refractivity contribution is 7.99. The van der Waals surface area contributed by atoms with Crippen molar-refractivity contribution in [3.05, 3.63) is 0 Å². The number of rotatable bonds is 5. The zero-order chi connectivity index (χ0) is 11.9. The summed E-state index contributed by atoms with van der Waals surface area (Å²) in [7, 11) is 0. The highest BCUT2D eigenvalue weighted by Crippen LogP contribution is 2.26. The van der Waals surface area contributed by atoms with E-state index in [0.717, 1.165) is 37.5 Å². The third-order valence-electron chi connectivity index (χ3n) is 3.94. The highest BCUT2D eigenvalue weighted by atomic mass is 32.2. The predicted molar refractivity (Wildman–Crippen MR) is 74.8 cm³/mol. The molecule has 2 saturated heterocycles. The molecule has 0 radical (unpaired) electrons. The van der Waals surface area contributed by atoms with E-state index in [1.807, 2.05) is 0 Å². The standard InChI is InChI=1S/C13H26N2OS/c1-12(13-2-4-14-5-3-13)17-11-8-15-6-9-16-10-7-15/h12-14H,2-11H2,1H3. The number of thioether (sulfide) groups is 1. The van der Waals surface area contributed by atoms with Gasteiger partial charge in [0.1, 0.15) is 0 Å². The molecule has 2 aliphatic rings. The van der Waals surface area contributed by atoms with Crippen LogP contribution in [0, 0.1) is 5.92 Å². The largest absolute Gasteiger partial charge is 0.379 e. The lowest BCUT2D eigenvalue weighted by atomic mass is 9.95.